The summed E-state index contributed by atoms with van der Waals surface area (Å²) in [6, 6.07) is 8.09. The number of hydrogen-bond donors (Lipinski definition) is 2. The van der Waals surface area contributed by atoms with E-state index in [1.54, 1.807) is 37.3 Å². The Morgan fingerprint density at radius 1 is 1.05 bits per heavy atom. The summed E-state index contributed by atoms with van der Waals surface area (Å²) >= 11 is 11.6. The molecule has 0 fully saturated rings. The molecule has 2 N–H and O–H groups in total. The Kier molecular flexibility index (Phi) is 4.77. The maximum atomic E-state index is 11.8. The first-order valence-corrected chi connectivity index (χ1v) is 6.72. The fourth-order valence-electron chi connectivity index (χ4n) is 1.60. The van der Waals surface area contributed by atoms with Crippen LogP contribution in [0.2, 0.25) is 10.2 Å². The van der Waals surface area contributed by atoms with Gasteiger partial charge in [-0.2, -0.15) is 0 Å². The summed E-state index contributed by atoms with van der Waals surface area (Å²) in [5.74, 6) is -1.64. The molecule has 108 valence electrons. The number of benzene rings is 1. The van der Waals surface area contributed by atoms with Gasteiger partial charge in [0.15, 0.2) is 5.15 Å². The van der Waals surface area contributed by atoms with Gasteiger partial charge in [-0.25, -0.2) is 4.98 Å². The van der Waals surface area contributed by atoms with Crippen LogP contribution in [-0.4, -0.2) is 16.8 Å². The Morgan fingerprint density at radius 2 is 1.71 bits per heavy atom. The predicted octanol–water partition coefficient (Wildman–Crippen LogP) is 3.27. The lowest BCUT2D eigenvalue weighted by atomic mass is 10.2. The molecule has 0 aliphatic heterocycles. The zero-order valence-electron chi connectivity index (χ0n) is 11.0. The molecule has 0 spiro atoms. The number of carbonyl (C=O) groups is 2. The number of pyridine rings is 1. The number of nitrogens with zero attached hydrogens (tertiary/aromatic N) is 1. The molecule has 7 heteroatoms. The van der Waals surface area contributed by atoms with Crippen molar-refractivity contribution in [3.63, 3.8) is 0 Å². The minimum Gasteiger partial charge on any atom is -0.318 e. The first kappa shape index (κ1) is 15.3. The molecule has 0 saturated carbocycles. The lowest BCUT2D eigenvalue weighted by Crippen LogP contribution is -2.29. The molecule has 2 rings (SSSR count). The highest BCUT2D eigenvalue weighted by Crippen LogP contribution is 2.20. The second kappa shape index (κ2) is 6.56. The van der Waals surface area contributed by atoms with Crippen LogP contribution in [0, 0.1) is 6.92 Å². The molecule has 0 unspecified atom stereocenters. The van der Waals surface area contributed by atoms with Gasteiger partial charge in [0.05, 0.1) is 5.69 Å². The van der Waals surface area contributed by atoms with Crippen LogP contribution >= 0.6 is 23.2 Å². The predicted molar refractivity (Wildman–Crippen MR) is 82.7 cm³/mol. The SMILES string of the molecule is Cc1cc(Cl)ccc1NC(=O)C(=O)Nc1cccnc1Cl. The minimum atomic E-state index is -0.834. The number of rotatable bonds is 2. The van der Waals surface area contributed by atoms with Gasteiger partial charge in [0, 0.05) is 16.9 Å². The monoisotopic (exact) mass is 323 g/mol. The van der Waals surface area contributed by atoms with E-state index in [1.807, 2.05) is 0 Å². The van der Waals surface area contributed by atoms with Crippen molar-refractivity contribution in [1.29, 1.82) is 0 Å². The van der Waals surface area contributed by atoms with E-state index in [0.29, 0.717) is 10.7 Å². The fraction of sp³-hybridized carbons (Fsp3) is 0.0714. The molecule has 0 atom stereocenters. The summed E-state index contributed by atoms with van der Waals surface area (Å²) in [5.41, 5.74) is 1.53. The molecule has 0 aliphatic carbocycles. The van der Waals surface area contributed by atoms with Crippen molar-refractivity contribution in [3.05, 3.63) is 52.3 Å². The lowest BCUT2D eigenvalue weighted by Gasteiger charge is -2.09. The Balaban J connectivity index is 2.06. The van der Waals surface area contributed by atoms with Crippen molar-refractivity contribution < 1.29 is 9.59 Å². The summed E-state index contributed by atoms with van der Waals surface area (Å²) in [6.45, 7) is 1.78. The van der Waals surface area contributed by atoms with E-state index in [-0.39, 0.29) is 10.8 Å². The van der Waals surface area contributed by atoms with Crippen molar-refractivity contribution in [2.75, 3.05) is 10.6 Å². The Bertz CT molecular complexity index is 704. The summed E-state index contributed by atoms with van der Waals surface area (Å²) in [5, 5.41) is 5.56. The van der Waals surface area contributed by atoms with Gasteiger partial charge in [0.25, 0.3) is 0 Å². The molecule has 2 aromatic rings. The Labute approximate surface area is 131 Å². The third kappa shape index (κ3) is 3.93. The van der Waals surface area contributed by atoms with Gasteiger partial charge < -0.3 is 10.6 Å². The average Bonchev–Trinajstić information content (AvgIpc) is 2.44. The molecule has 0 aliphatic rings. The fourth-order valence-corrected chi connectivity index (χ4v) is 2.00. The van der Waals surface area contributed by atoms with Crippen LogP contribution < -0.4 is 10.6 Å². The molecule has 21 heavy (non-hydrogen) atoms. The average molecular weight is 324 g/mol. The Hall–Kier alpha value is -2.11. The highest BCUT2D eigenvalue weighted by molar-refractivity contribution is 6.44. The summed E-state index contributed by atoms with van der Waals surface area (Å²) < 4.78 is 0. The summed E-state index contributed by atoms with van der Waals surface area (Å²) in [6.07, 6.45) is 1.48. The smallest absolute Gasteiger partial charge is 0.314 e. The van der Waals surface area contributed by atoms with E-state index >= 15 is 0 Å². The zero-order valence-corrected chi connectivity index (χ0v) is 12.5. The van der Waals surface area contributed by atoms with Gasteiger partial charge in [0.2, 0.25) is 0 Å². The van der Waals surface area contributed by atoms with E-state index in [2.05, 4.69) is 15.6 Å². The molecule has 0 bridgehead atoms. The van der Waals surface area contributed by atoms with Crippen LogP contribution in [0.25, 0.3) is 0 Å². The number of halogens is 2. The highest BCUT2D eigenvalue weighted by atomic mass is 35.5. The van der Waals surface area contributed by atoms with Crippen LogP contribution in [0.5, 0.6) is 0 Å². The zero-order chi connectivity index (χ0) is 15.4. The van der Waals surface area contributed by atoms with Crippen LogP contribution in [0.15, 0.2) is 36.5 Å². The molecule has 2 amide bonds. The molecule has 0 radical (unpaired) electrons. The number of amides is 2. The number of carbonyl (C=O) groups excluding carboxylic acids is 2. The highest BCUT2D eigenvalue weighted by Gasteiger charge is 2.16. The van der Waals surface area contributed by atoms with Crippen molar-refractivity contribution in [3.8, 4) is 0 Å². The molecule has 5 nitrogen and oxygen atoms in total. The van der Waals surface area contributed by atoms with Gasteiger partial charge in [0.1, 0.15) is 0 Å². The number of hydrogen-bond acceptors (Lipinski definition) is 3. The maximum absolute atomic E-state index is 11.8. The van der Waals surface area contributed by atoms with Crippen LogP contribution in [0.3, 0.4) is 0 Å². The van der Waals surface area contributed by atoms with Crippen molar-refractivity contribution in [1.82, 2.24) is 4.98 Å². The summed E-state index contributed by atoms with van der Waals surface area (Å²) in [4.78, 5) is 27.5. The van der Waals surface area contributed by atoms with E-state index in [0.717, 1.165) is 5.56 Å². The number of nitrogens with one attached hydrogen (secondary N) is 2. The first-order chi connectivity index (χ1) is 9.97. The largest absolute Gasteiger partial charge is 0.318 e. The van der Waals surface area contributed by atoms with Crippen molar-refractivity contribution >= 4 is 46.4 Å². The quantitative estimate of drug-likeness (QED) is 0.658. The second-order valence-corrected chi connectivity index (χ2v) is 5.00. The van der Waals surface area contributed by atoms with E-state index in [1.165, 1.54) is 6.20 Å². The molecular formula is C14H11Cl2N3O2. The van der Waals surface area contributed by atoms with E-state index in [9.17, 15) is 9.59 Å². The topological polar surface area (TPSA) is 71.1 Å². The molecular weight excluding hydrogens is 313 g/mol. The van der Waals surface area contributed by atoms with Gasteiger partial charge in [-0.05, 0) is 42.8 Å². The minimum absolute atomic E-state index is 0.112. The van der Waals surface area contributed by atoms with Crippen LogP contribution in [0.4, 0.5) is 11.4 Å². The van der Waals surface area contributed by atoms with Gasteiger partial charge in [-0.15, -0.1) is 0 Å². The van der Waals surface area contributed by atoms with Crippen molar-refractivity contribution in [2.24, 2.45) is 0 Å². The van der Waals surface area contributed by atoms with Crippen LogP contribution in [0.1, 0.15) is 5.56 Å². The third-order valence-electron chi connectivity index (χ3n) is 2.65. The molecule has 0 saturated heterocycles. The Morgan fingerprint density at radius 3 is 2.33 bits per heavy atom. The van der Waals surface area contributed by atoms with Crippen molar-refractivity contribution in [2.45, 2.75) is 6.92 Å². The van der Waals surface area contributed by atoms with E-state index < -0.39 is 11.8 Å². The lowest BCUT2D eigenvalue weighted by molar-refractivity contribution is -0.133. The number of aromatic nitrogens is 1. The molecule has 1 heterocycles. The maximum Gasteiger partial charge on any atom is 0.314 e. The van der Waals surface area contributed by atoms with Gasteiger partial charge in [-0.3, -0.25) is 9.59 Å². The van der Waals surface area contributed by atoms with Crippen LogP contribution in [-0.2, 0) is 9.59 Å². The standard InChI is InChI=1S/C14H11Cl2N3O2/c1-8-7-9(15)4-5-10(8)18-13(20)14(21)19-11-3-2-6-17-12(11)16/h2-7H,1H3,(H,18,20)(H,19,21). The van der Waals surface area contributed by atoms with Gasteiger partial charge >= 0.3 is 11.8 Å². The van der Waals surface area contributed by atoms with E-state index in [4.69, 9.17) is 23.2 Å². The first-order valence-electron chi connectivity index (χ1n) is 5.96. The third-order valence-corrected chi connectivity index (χ3v) is 3.19. The number of aryl methyl sites for hydroxylation is 1. The second-order valence-electron chi connectivity index (χ2n) is 4.21. The summed E-state index contributed by atoms with van der Waals surface area (Å²) in [7, 11) is 0. The number of anilines is 2. The van der Waals surface area contributed by atoms with Gasteiger partial charge in [-0.1, -0.05) is 23.2 Å². The normalized spacial score (nSPS) is 10.0. The molecule has 1 aromatic carbocycles. The molecule has 1 aromatic heterocycles.